The molecule has 1 saturated heterocycles. The minimum Gasteiger partial charge on any atom is -0.383 e. The number of nitrogens with two attached hydrogens (primary N) is 1. The summed E-state index contributed by atoms with van der Waals surface area (Å²) in [5.41, 5.74) is 9.20. The van der Waals surface area contributed by atoms with Gasteiger partial charge in [0, 0.05) is 48.7 Å². The Bertz CT molecular complexity index is 1110. The van der Waals surface area contributed by atoms with E-state index in [2.05, 4.69) is 31.9 Å². The van der Waals surface area contributed by atoms with Crippen LogP contribution in [0.3, 0.4) is 0 Å². The molecule has 3 N–H and O–H groups in total. The molecule has 2 aliphatic rings. The van der Waals surface area contributed by atoms with Crippen molar-refractivity contribution < 1.29 is 4.79 Å². The van der Waals surface area contributed by atoms with Crippen LogP contribution < -0.4 is 11.1 Å². The largest absolute Gasteiger partial charge is 0.383 e. The van der Waals surface area contributed by atoms with E-state index in [1.54, 1.807) is 18.6 Å². The molecule has 3 aromatic heterocycles. The van der Waals surface area contributed by atoms with Crippen LogP contribution in [0.1, 0.15) is 18.4 Å². The number of rotatable bonds is 6. The lowest BCUT2D eigenvalue weighted by atomic mass is 9.60. The van der Waals surface area contributed by atoms with Crippen molar-refractivity contribution in [3.8, 4) is 11.1 Å². The minimum absolute atomic E-state index is 0.0108. The number of hydrogen-bond donors (Lipinski definition) is 2. The lowest BCUT2D eigenvalue weighted by molar-refractivity contribution is -0.144. The van der Waals surface area contributed by atoms with Gasteiger partial charge in [0.15, 0.2) is 0 Å². The zero-order valence-electron chi connectivity index (χ0n) is 17.1. The van der Waals surface area contributed by atoms with Crippen molar-refractivity contribution >= 4 is 17.5 Å². The van der Waals surface area contributed by atoms with Crippen molar-refractivity contribution in [2.24, 2.45) is 5.41 Å². The monoisotopic (exact) mass is 416 g/mol. The molecule has 9 nitrogen and oxygen atoms in total. The molecule has 9 heteroatoms. The van der Waals surface area contributed by atoms with Crippen LogP contribution in [0.25, 0.3) is 11.1 Å². The summed E-state index contributed by atoms with van der Waals surface area (Å²) < 4.78 is 1.86. The molecular formula is C22H24N8O. The Balaban J connectivity index is 1.28. The number of nitrogens with one attached hydrogen (secondary N) is 1. The fraction of sp³-hybridized carbons (Fsp3) is 0.318. The van der Waals surface area contributed by atoms with E-state index in [9.17, 15) is 4.79 Å². The first kappa shape index (κ1) is 19.2. The first-order valence-electron chi connectivity index (χ1n) is 10.3. The summed E-state index contributed by atoms with van der Waals surface area (Å²) in [6, 6.07) is 4.22. The second-order valence-electron chi connectivity index (χ2n) is 8.41. The number of hydrogen-bond acceptors (Lipinski definition) is 7. The van der Waals surface area contributed by atoms with Crippen LogP contribution in [0.2, 0.25) is 0 Å². The maximum absolute atomic E-state index is 11.7. The van der Waals surface area contributed by atoms with Crippen molar-refractivity contribution in [1.29, 1.82) is 0 Å². The van der Waals surface area contributed by atoms with E-state index in [-0.39, 0.29) is 11.3 Å². The van der Waals surface area contributed by atoms with Gasteiger partial charge >= 0.3 is 0 Å². The highest BCUT2D eigenvalue weighted by atomic mass is 16.2. The van der Waals surface area contributed by atoms with E-state index in [1.807, 2.05) is 27.9 Å². The molecule has 1 aliphatic heterocycles. The summed E-state index contributed by atoms with van der Waals surface area (Å²) in [6.45, 7) is 5.81. The molecule has 0 bridgehead atoms. The van der Waals surface area contributed by atoms with Gasteiger partial charge in [-0.15, -0.1) is 0 Å². The molecule has 1 aliphatic carbocycles. The molecule has 31 heavy (non-hydrogen) atoms. The number of amides is 1. The summed E-state index contributed by atoms with van der Waals surface area (Å²) >= 11 is 0. The summed E-state index contributed by atoms with van der Waals surface area (Å²) in [7, 11) is 0. The number of carbonyl (C=O) groups is 1. The van der Waals surface area contributed by atoms with Crippen LogP contribution in [0.4, 0.5) is 11.6 Å². The van der Waals surface area contributed by atoms with Crippen LogP contribution >= 0.6 is 0 Å². The maximum atomic E-state index is 11.7. The van der Waals surface area contributed by atoms with Gasteiger partial charge < -0.3 is 16.0 Å². The Morgan fingerprint density at radius 3 is 2.81 bits per heavy atom. The van der Waals surface area contributed by atoms with E-state index < -0.39 is 0 Å². The highest BCUT2D eigenvalue weighted by Crippen LogP contribution is 2.49. The Morgan fingerprint density at radius 2 is 2.06 bits per heavy atom. The zero-order valence-corrected chi connectivity index (χ0v) is 17.1. The lowest BCUT2D eigenvalue weighted by Crippen LogP contribution is -2.65. The topological polar surface area (TPSA) is 115 Å². The molecule has 5 rings (SSSR count). The van der Waals surface area contributed by atoms with Gasteiger partial charge in [0.2, 0.25) is 5.91 Å². The van der Waals surface area contributed by atoms with Gasteiger partial charge in [-0.1, -0.05) is 6.58 Å². The van der Waals surface area contributed by atoms with Crippen LogP contribution in [0.15, 0.2) is 55.9 Å². The molecule has 0 unspecified atom stereocenters. The molecule has 4 heterocycles. The fourth-order valence-corrected chi connectivity index (χ4v) is 4.64. The van der Waals surface area contributed by atoms with Gasteiger partial charge in [-0.05, 0) is 36.6 Å². The smallest absolute Gasteiger partial charge is 0.245 e. The second-order valence-corrected chi connectivity index (χ2v) is 8.41. The highest BCUT2D eigenvalue weighted by Gasteiger charge is 2.53. The summed E-state index contributed by atoms with van der Waals surface area (Å²) in [6.07, 6.45) is 12.1. The third-order valence-electron chi connectivity index (χ3n) is 6.13. The van der Waals surface area contributed by atoms with E-state index in [1.165, 1.54) is 12.4 Å². The maximum Gasteiger partial charge on any atom is 0.245 e. The Labute approximate surface area is 180 Å². The molecule has 0 atom stereocenters. The van der Waals surface area contributed by atoms with Crippen molar-refractivity contribution in [2.75, 3.05) is 24.1 Å². The van der Waals surface area contributed by atoms with Gasteiger partial charge in [-0.25, -0.2) is 9.97 Å². The van der Waals surface area contributed by atoms with Gasteiger partial charge in [0.05, 0.1) is 18.3 Å². The molecule has 2 fully saturated rings. The predicted molar refractivity (Wildman–Crippen MR) is 117 cm³/mol. The minimum atomic E-state index is 0.0108. The third-order valence-corrected chi connectivity index (χ3v) is 6.13. The van der Waals surface area contributed by atoms with E-state index >= 15 is 0 Å². The van der Waals surface area contributed by atoms with Gasteiger partial charge in [0.25, 0.3) is 0 Å². The second kappa shape index (κ2) is 7.50. The number of nitrogens with zero attached hydrogens (tertiary/aromatic N) is 6. The molecule has 1 amide bonds. The molecule has 0 aromatic carbocycles. The van der Waals surface area contributed by atoms with Crippen LogP contribution in [-0.2, 0) is 11.3 Å². The average Bonchev–Trinajstić information content (AvgIpc) is 3.17. The van der Waals surface area contributed by atoms with Gasteiger partial charge in [-0.2, -0.15) is 5.10 Å². The van der Waals surface area contributed by atoms with E-state index in [0.29, 0.717) is 24.2 Å². The average molecular weight is 416 g/mol. The molecule has 0 radical (unpaired) electrons. The first-order chi connectivity index (χ1) is 15.0. The summed E-state index contributed by atoms with van der Waals surface area (Å²) in [5.74, 6) is 1.15. The number of aromatic nitrogens is 5. The number of likely N-dealkylation sites (tertiary alicyclic amines) is 1. The van der Waals surface area contributed by atoms with Crippen LogP contribution in [0.5, 0.6) is 0 Å². The lowest BCUT2D eigenvalue weighted by Gasteiger charge is -2.59. The number of nitrogen functional groups attached to an aromatic ring is 1. The van der Waals surface area contributed by atoms with Gasteiger partial charge in [-0.3, -0.25) is 14.5 Å². The highest BCUT2D eigenvalue weighted by molar-refractivity contribution is 5.88. The van der Waals surface area contributed by atoms with Crippen LogP contribution in [0, 0.1) is 5.41 Å². The first-order valence-corrected chi connectivity index (χ1v) is 10.3. The molecule has 1 spiro atoms. The molecule has 1 saturated carbocycles. The van der Waals surface area contributed by atoms with Crippen molar-refractivity contribution in [3.63, 3.8) is 0 Å². The predicted octanol–water partition coefficient (Wildman–Crippen LogP) is 1.95. The van der Waals surface area contributed by atoms with Crippen molar-refractivity contribution in [2.45, 2.75) is 25.4 Å². The summed E-state index contributed by atoms with van der Waals surface area (Å²) in [5, 5.41) is 8.00. The van der Waals surface area contributed by atoms with Crippen LogP contribution in [-0.4, -0.2) is 54.7 Å². The Kier molecular flexibility index (Phi) is 4.65. The SMILES string of the molecule is C=CC(=O)N1CC2(CC(Nc3ncnc(N)c3-c3cnn(Cc4ccncc4)c3)C2)C1. The zero-order chi connectivity index (χ0) is 21.4. The molecular weight excluding hydrogens is 392 g/mol. The number of anilines is 2. The Hall–Kier alpha value is -3.75. The third kappa shape index (κ3) is 3.63. The molecule has 3 aromatic rings. The summed E-state index contributed by atoms with van der Waals surface area (Å²) in [4.78, 5) is 26.2. The van der Waals surface area contributed by atoms with Crippen molar-refractivity contribution in [3.05, 3.63) is 61.5 Å². The Morgan fingerprint density at radius 1 is 1.29 bits per heavy atom. The fourth-order valence-electron chi connectivity index (χ4n) is 4.64. The van der Waals surface area contributed by atoms with Crippen molar-refractivity contribution in [1.82, 2.24) is 29.6 Å². The standard InChI is InChI=1S/C22H24N8O/c1-2-18(31)29-12-22(13-29)7-17(8-22)28-21-19(20(23)25-14-26-21)16-9-27-30(11-16)10-15-3-5-24-6-4-15/h2-6,9,11,14,17H,1,7-8,10,12-13H2,(H3,23,25,26,28). The van der Waals surface area contributed by atoms with E-state index in [0.717, 1.165) is 42.6 Å². The number of pyridine rings is 1. The number of carbonyl (C=O) groups excluding carboxylic acids is 1. The molecule has 158 valence electrons. The normalized spacial score (nSPS) is 17.1. The quantitative estimate of drug-likeness (QED) is 0.590. The van der Waals surface area contributed by atoms with Gasteiger partial charge in [0.1, 0.15) is 18.0 Å². The van der Waals surface area contributed by atoms with E-state index in [4.69, 9.17) is 5.73 Å².